The molecular formula is C17H15ClN2O7S. The fourth-order valence-electron chi connectivity index (χ4n) is 3.12. The van der Waals surface area contributed by atoms with Gasteiger partial charge in [0.2, 0.25) is 5.75 Å². The van der Waals surface area contributed by atoms with Gasteiger partial charge in [0.1, 0.15) is 16.0 Å². The Morgan fingerprint density at radius 3 is 2.64 bits per heavy atom. The van der Waals surface area contributed by atoms with Crippen molar-refractivity contribution in [2.45, 2.75) is 23.8 Å². The van der Waals surface area contributed by atoms with E-state index >= 15 is 0 Å². The molecule has 9 nitrogen and oxygen atoms in total. The van der Waals surface area contributed by atoms with Crippen molar-refractivity contribution in [1.29, 1.82) is 0 Å². The standard InChI is InChI=1S/C17H15ClN2O7S/c18-11-5-3-8-14(16(11)20(23)24)27-28(25,26)15-9-2-1-6-12(15)19-10-4-7-13(19)17(21)22/h1-3,5-6,8-9,13H,4,7,10H2,(H,21,22). The van der Waals surface area contributed by atoms with Crippen molar-refractivity contribution in [2.24, 2.45) is 0 Å². The highest BCUT2D eigenvalue weighted by Crippen LogP contribution is 2.38. The molecular weight excluding hydrogens is 412 g/mol. The second-order valence-electron chi connectivity index (χ2n) is 6.04. The van der Waals surface area contributed by atoms with Crippen LogP contribution in [0.3, 0.4) is 0 Å². The molecule has 11 heteroatoms. The van der Waals surface area contributed by atoms with Crippen LogP contribution in [0.5, 0.6) is 5.75 Å². The first-order chi connectivity index (χ1) is 13.2. The van der Waals surface area contributed by atoms with E-state index in [0.717, 1.165) is 6.07 Å². The monoisotopic (exact) mass is 426 g/mol. The Kier molecular flexibility index (Phi) is 5.43. The molecule has 1 fully saturated rings. The van der Waals surface area contributed by atoms with Crippen molar-refractivity contribution in [3.63, 3.8) is 0 Å². The molecule has 0 amide bonds. The number of hydrogen-bond donors (Lipinski definition) is 1. The van der Waals surface area contributed by atoms with Crippen molar-refractivity contribution in [3.8, 4) is 5.75 Å². The molecule has 28 heavy (non-hydrogen) atoms. The summed E-state index contributed by atoms with van der Waals surface area (Å²) in [4.78, 5) is 23.1. The normalized spacial score (nSPS) is 16.8. The number of nitro benzene ring substituents is 1. The van der Waals surface area contributed by atoms with Crippen LogP contribution >= 0.6 is 11.6 Å². The van der Waals surface area contributed by atoms with E-state index in [-0.39, 0.29) is 15.6 Å². The molecule has 0 aliphatic carbocycles. The lowest BCUT2D eigenvalue weighted by Crippen LogP contribution is -2.36. The molecule has 1 unspecified atom stereocenters. The van der Waals surface area contributed by atoms with Gasteiger partial charge in [0, 0.05) is 6.54 Å². The van der Waals surface area contributed by atoms with Crippen LogP contribution in [0.4, 0.5) is 11.4 Å². The third-order valence-corrected chi connectivity index (χ3v) is 5.90. The van der Waals surface area contributed by atoms with Gasteiger partial charge in [-0.05, 0) is 37.1 Å². The molecule has 0 bridgehead atoms. The van der Waals surface area contributed by atoms with Crippen LogP contribution in [0.1, 0.15) is 12.8 Å². The minimum absolute atomic E-state index is 0.164. The van der Waals surface area contributed by atoms with Gasteiger partial charge in [-0.2, -0.15) is 8.42 Å². The first-order valence-electron chi connectivity index (χ1n) is 8.18. The maximum atomic E-state index is 12.9. The molecule has 1 aliphatic heterocycles. The van der Waals surface area contributed by atoms with Crippen LogP contribution in [-0.4, -0.2) is 37.0 Å². The Bertz CT molecular complexity index is 1040. The second kappa shape index (κ2) is 7.64. The zero-order valence-electron chi connectivity index (χ0n) is 14.3. The van der Waals surface area contributed by atoms with Crippen molar-refractivity contribution in [2.75, 3.05) is 11.4 Å². The smallest absolute Gasteiger partial charge is 0.341 e. The zero-order valence-corrected chi connectivity index (χ0v) is 15.9. The molecule has 148 valence electrons. The Hall–Kier alpha value is -2.85. The number of para-hydroxylation sites is 2. The number of aliphatic carboxylic acids is 1. The van der Waals surface area contributed by atoms with E-state index in [2.05, 4.69) is 0 Å². The number of benzene rings is 2. The van der Waals surface area contributed by atoms with Gasteiger partial charge in [-0.1, -0.05) is 29.8 Å². The number of hydrogen-bond acceptors (Lipinski definition) is 7. The summed E-state index contributed by atoms with van der Waals surface area (Å²) < 4.78 is 30.8. The van der Waals surface area contributed by atoms with Gasteiger partial charge < -0.3 is 14.2 Å². The van der Waals surface area contributed by atoms with Gasteiger partial charge in [-0.15, -0.1) is 0 Å². The summed E-state index contributed by atoms with van der Waals surface area (Å²) in [6.45, 7) is 0.362. The van der Waals surface area contributed by atoms with E-state index < -0.39 is 38.5 Å². The molecule has 0 radical (unpaired) electrons. The Morgan fingerprint density at radius 1 is 1.25 bits per heavy atom. The van der Waals surface area contributed by atoms with Crippen molar-refractivity contribution in [1.82, 2.24) is 0 Å². The molecule has 0 aromatic heterocycles. The van der Waals surface area contributed by atoms with Gasteiger partial charge in [-0.25, -0.2) is 4.79 Å². The first-order valence-corrected chi connectivity index (χ1v) is 9.97. The lowest BCUT2D eigenvalue weighted by atomic mass is 10.2. The average Bonchev–Trinajstić information content (AvgIpc) is 3.11. The van der Waals surface area contributed by atoms with Gasteiger partial charge in [0.05, 0.1) is 10.6 Å². The average molecular weight is 427 g/mol. The number of carboxylic acids is 1. The predicted molar refractivity (Wildman–Crippen MR) is 100 cm³/mol. The quantitative estimate of drug-likeness (QED) is 0.424. The largest absolute Gasteiger partial charge is 0.480 e. The fourth-order valence-corrected chi connectivity index (χ4v) is 4.50. The zero-order chi connectivity index (χ0) is 20.5. The van der Waals surface area contributed by atoms with Gasteiger partial charge in [0.25, 0.3) is 0 Å². The number of nitro groups is 1. The van der Waals surface area contributed by atoms with E-state index in [1.165, 1.54) is 35.2 Å². The molecule has 2 aromatic rings. The van der Waals surface area contributed by atoms with Gasteiger partial charge >= 0.3 is 21.8 Å². The third-order valence-electron chi connectivity index (χ3n) is 4.31. The summed E-state index contributed by atoms with van der Waals surface area (Å²) in [5.74, 6) is -1.58. The van der Waals surface area contributed by atoms with Gasteiger partial charge in [-0.3, -0.25) is 10.1 Å². The van der Waals surface area contributed by atoms with E-state index in [1.54, 1.807) is 6.07 Å². The maximum Gasteiger partial charge on any atom is 0.341 e. The molecule has 0 saturated carbocycles. The summed E-state index contributed by atoms with van der Waals surface area (Å²) in [5, 5.41) is 20.4. The van der Waals surface area contributed by atoms with Crippen LogP contribution in [0.25, 0.3) is 0 Å². The molecule has 1 saturated heterocycles. The summed E-state index contributed by atoms with van der Waals surface area (Å²) in [7, 11) is -4.50. The second-order valence-corrected chi connectivity index (χ2v) is 7.96. The lowest BCUT2D eigenvalue weighted by Gasteiger charge is -2.25. The number of halogens is 1. The summed E-state index contributed by atoms with van der Waals surface area (Å²) in [5.41, 5.74) is -0.508. The highest BCUT2D eigenvalue weighted by molar-refractivity contribution is 7.87. The molecule has 3 rings (SSSR count). The SMILES string of the molecule is O=C(O)C1CCCN1c1ccccc1S(=O)(=O)Oc1cccc(Cl)c1[N+](=O)[O-]. The van der Waals surface area contributed by atoms with Crippen molar-refractivity contribution < 1.29 is 27.4 Å². The lowest BCUT2D eigenvalue weighted by molar-refractivity contribution is -0.385. The predicted octanol–water partition coefficient (Wildman–Crippen LogP) is 3.07. The Balaban J connectivity index is 2.04. The number of carboxylic acid groups (broad SMARTS) is 1. The molecule has 0 spiro atoms. The van der Waals surface area contributed by atoms with Crippen LogP contribution in [0.2, 0.25) is 5.02 Å². The van der Waals surface area contributed by atoms with Crippen LogP contribution in [0.15, 0.2) is 47.4 Å². The number of carbonyl (C=O) groups is 1. The number of anilines is 1. The van der Waals surface area contributed by atoms with E-state index in [1.807, 2.05) is 0 Å². The van der Waals surface area contributed by atoms with Crippen LogP contribution in [-0.2, 0) is 14.9 Å². The van der Waals surface area contributed by atoms with Crippen molar-refractivity contribution in [3.05, 3.63) is 57.6 Å². The molecule has 1 aliphatic rings. The van der Waals surface area contributed by atoms with Crippen LogP contribution < -0.4 is 9.08 Å². The topological polar surface area (TPSA) is 127 Å². The molecule has 1 N–H and O–H groups in total. The minimum atomic E-state index is -4.50. The van der Waals surface area contributed by atoms with Crippen molar-refractivity contribution >= 4 is 39.1 Å². The summed E-state index contributed by atoms with van der Waals surface area (Å²) in [6.07, 6.45) is 0.969. The molecule has 2 aromatic carbocycles. The van der Waals surface area contributed by atoms with E-state index in [0.29, 0.717) is 19.4 Å². The third kappa shape index (κ3) is 3.73. The number of nitrogens with zero attached hydrogens (tertiary/aromatic N) is 2. The Labute approximate surface area is 165 Å². The first kappa shape index (κ1) is 19.9. The number of rotatable bonds is 6. The molecule has 1 atom stereocenters. The van der Waals surface area contributed by atoms with E-state index in [9.17, 15) is 28.4 Å². The highest BCUT2D eigenvalue weighted by atomic mass is 35.5. The summed E-state index contributed by atoms with van der Waals surface area (Å²) in [6, 6.07) is 8.60. The fraction of sp³-hybridized carbons (Fsp3) is 0.235. The maximum absolute atomic E-state index is 12.9. The minimum Gasteiger partial charge on any atom is -0.480 e. The molecule has 1 heterocycles. The van der Waals surface area contributed by atoms with Crippen LogP contribution in [0, 0.1) is 10.1 Å². The van der Waals surface area contributed by atoms with E-state index in [4.69, 9.17) is 15.8 Å². The summed E-state index contributed by atoms with van der Waals surface area (Å²) >= 11 is 5.80. The van der Waals surface area contributed by atoms with Gasteiger partial charge in [0.15, 0.2) is 0 Å². The Morgan fingerprint density at radius 2 is 1.96 bits per heavy atom. The highest BCUT2D eigenvalue weighted by Gasteiger charge is 2.35.